The van der Waals surface area contributed by atoms with Crippen LogP contribution in [0.25, 0.3) is 0 Å². The van der Waals surface area contributed by atoms with Gasteiger partial charge in [0.15, 0.2) is 0 Å². The number of amides is 1. The number of nitrogens with two attached hydrogens (primary N) is 1. The molecule has 0 spiro atoms. The molecule has 2 atom stereocenters. The molecule has 0 aliphatic heterocycles. The molecule has 2 unspecified atom stereocenters. The second-order valence-corrected chi connectivity index (χ2v) is 6.10. The highest BCUT2D eigenvalue weighted by Crippen LogP contribution is 2.25. The highest BCUT2D eigenvalue weighted by Gasteiger charge is 2.18. The SMILES string of the molecule is CC1CC=CCC1COCc1ccc(C(=O)NN)s1. The van der Waals surface area contributed by atoms with Crippen LogP contribution in [0.15, 0.2) is 24.3 Å². The standard InChI is InChI=1S/C14H20N2O2S/c1-10-4-2-3-5-11(10)8-18-9-12-6-7-13(19-12)14(17)16-15/h2-3,6-7,10-11H,4-5,8-9,15H2,1H3,(H,16,17). The number of hydrazine groups is 1. The van der Waals surface area contributed by atoms with Crippen LogP contribution >= 0.6 is 11.3 Å². The van der Waals surface area contributed by atoms with Crippen LogP contribution in [-0.4, -0.2) is 12.5 Å². The van der Waals surface area contributed by atoms with Crippen LogP contribution in [0.5, 0.6) is 0 Å². The zero-order chi connectivity index (χ0) is 13.7. The van der Waals surface area contributed by atoms with E-state index in [1.807, 2.05) is 6.07 Å². The van der Waals surface area contributed by atoms with E-state index in [4.69, 9.17) is 10.6 Å². The highest BCUT2D eigenvalue weighted by molar-refractivity contribution is 7.14. The largest absolute Gasteiger partial charge is 0.376 e. The summed E-state index contributed by atoms with van der Waals surface area (Å²) in [7, 11) is 0. The van der Waals surface area contributed by atoms with E-state index in [1.54, 1.807) is 6.07 Å². The molecule has 19 heavy (non-hydrogen) atoms. The predicted octanol–water partition coefficient (Wildman–Crippen LogP) is 2.47. The van der Waals surface area contributed by atoms with E-state index in [0.29, 0.717) is 23.3 Å². The summed E-state index contributed by atoms with van der Waals surface area (Å²) in [5.74, 6) is 6.14. The third-order valence-electron chi connectivity index (χ3n) is 3.51. The fraction of sp³-hybridized carbons (Fsp3) is 0.500. The fourth-order valence-electron chi connectivity index (χ4n) is 2.20. The number of nitrogen functional groups attached to an aromatic ring is 1. The lowest BCUT2D eigenvalue weighted by atomic mass is 9.85. The van der Waals surface area contributed by atoms with Crippen LogP contribution in [0.3, 0.4) is 0 Å². The van der Waals surface area contributed by atoms with Crippen molar-refractivity contribution in [3.05, 3.63) is 34.0 Å². The zero-order valence-electron chi connectivity index (χ0n) is 11.1. The summed E-state index contributed by atoms with van der Waals surface area (Å²) >= 11 is 1.42. The van der Waals surface area contributed by atoms with Crippen LogP contribution in [0, 0.1) is 11.8 Å². The van der Waals surface area contributed by atoms with Crippen LogP contribution in [-0.2, 0) is 11.3 Å². The van der Waals surface area contributed by atoms with Crippen molar-refractivity contribution >= 4 is 17.2 Å². The number of carbonyl (C=O) groups excluding carboxylic acids is 1. The minimum atomic E-state index is -0.248. The van der Waals surface area contributed by atoms with Gasteiger partial charge in [-0.05, 0) is 36.8 Å². The van der Waals surface area contributed by atoms with Gasteiger partial charge >= 0.3 is 0 Å². The molecule has 0 aromatic carbocycles. The molecule has 0 saturated carbocycles. The van der Waals surface area contributed by atoms with Crippen LogP contribution in [0.4, 0.5) is 0 Å². The molecule has 3 N–H and O–H groups in total. The number of rotatable bonds is 5. The van der Waals surface area contributed by atoms with Crippen molar-refractivity contribution in [3.8, 4) is 0 Å². The number of hydrogen-bond donors (Lipinski definition) is 2. The van der Waals surface area contributed by atoms with Gasteiger partial charge in [-0.1, -0.05) is 19.1 Å². The zero-order valence-corrected chi connectivity index (χ0v) is 11.9. The number of carbonyl (C=O) groups is 1. The van der Waals surface area contributed by atoms with Gasteiger partial charge in [-0.3, -0.25) is 10.2 Å². The van der Waals surface area contributed by atoms with E-state index < -0.39 is 0 Å². The summed E-state index contributed by atoms with van der Waals surface area (Å²) < 4.78 is 5.77. The highest BCUT2D eigenvalue weighted by atomic mass is 32.1. The normalized spacial score (nSPS) is 22.4. The van der Waals surface area contributed by atoms with Crippen molar-refractivity contribution in [1.82, 2.24) is 5.43 Å². The van der Waals surface area contributed by atoms with Crippen molar-refractivity contribution < 1.29 is 9.53 Å². The van der Waals surface area contributed by atoms with E-state index in [-0.39, 0.29) is 5.91 Å². The second kappa shape index (κ2) is 6.84. The summed E-state index contributed by atoms with van der Waals surface area (Å²) in [5, 5.41) is 0. The van der Waals surface area contributed by atoms with Crippen molar-refractivity contribution in [1.29, 1.82) is 0 Å². The van der Waals surface area contributed by atoms with Gasteiger partial charge in [-0.15, -0.1) is 11.3 Å². The van der Waals surface area contributed by atoms with Gasteiger partial charge < -0.3 is 4.74 Å². The smallest absolute Gasteiger partial charge is 0.275 e. The third kappa shape index (κ3) is 3.89. The van der Waals surface area contributed by atoms with Gasteiger partial charge in [-0.2, -0.15) is 0 Å². The Balaban J connectivity index is 1.78. The Morgan fingerprint density at radius 1 is 1.47 bits per heavy atom. The summed E-state index contributed by atoms with van der Waals surface area (Å²) in [4.78, 5) is 13.0. The predicted molar refractivity (Wildman–Crippen MR) is 76.7 cm³/mol. The van der Waals surface area contributed by atoms with Crippen molar-refractivity contribution in [2.75, 3.05) is 6.61 Å². The lowest BCUT2D eigenvalue weighted by molar-refractivity contribution is 0.0695. The van der Waals surface area contributed by atoms with Crippen LogP contribution < -0.4 is 11.3 Å². The van der Waals surface area contributed by atoms with E-state index in [9.17, 15) is 4.79 Å². The molecule has 0 bridgehead atoms. The van der Waals surface area contributed by atoms with Gasteiger partial charge in [0.25, 0.3) is 5.91 Å². The molecule has 2 rings (SSSR count). The molecule has 104 valence electrons. The maximum absolute atomic E-state index is 11.3. The summed E-state index contributed by atoms with van der Waals surface area (Å²) in [6.45, 7) is 3.61. The minimum absolute atomic E-state index is 0.248. The number of nitrogens with one attached hydrogen (secondary N) is 1. The van der Waals surface area contributed by atoms with E-state index >= 15 is 0 Å². The van der Waals surface area contributed by atoms with E-state index in [2.05, 4.69) is 24.5 Å². The third-order valence-corrected chi connectivity index (χ3v) is 4.57. The van der Waals surface area contributed by atoms with E-state index in [1.165, 1.54) is 11.3 Å². The van der Waals surface area contributed by atoms with Crippen molar-refractivity contribution in [2.45, 2.75) is 26.4 Å². The molecule has 1 aromatic rings. The molecule has 4 nitrogen and oxygen atoms in total. The Bertz CT molecular complexity index is 456. The average molecular weight is 280 g/mol. The lowest BCUT2D eigenvalue weighted by Crippen LogP contribution is -2.29. The van der Waals surface area contributed by atoms with Crippen LogP contribution in [0.1, 0.15) is 34.3 Å². The first-order valence-electron chi connectivity index (χ1n) is 6.53. The molecule has 1 amide bonds. The second-order valence-electron chi connectivity index (χ2n) is 4.93. The maximum Gasteiger partial charge on any atom is 0.275 e. The number of allylic oxidation sites excluding steroid dienone is 2. The number of ether oxygens (including phenoxy) is 1. The average Bonchev–Trinajstić information content (AvgIpc) is 2.89. The molecule has 1 aromatic heterocycles. The summed E-state index contributed by atoms with van der Waals surface area (Å²) in [6.07, 6.45) is 6.74. The first kappa shape index (κ1) is 14.2. The van der Waals surface area contributed by atoms with E-state index in [0.717, 1.165) is 24.3 Å². The molecule has 0 radical (unpaired) electrons. The lowest BCUT2D eigenvalue weighted by Gasteiger charge is -2.24. The van der Waals surface area contributed by atoms with Gasteiger partial charge in [-0.25, -0.2) is 5.84 Å². The van der Waals surface area contributed by atoms with Gasteiger partial charge in [0, 0.05) is 4.88 Å². The minimum Gasteiger partial charge on any atom is -0.376 e. The molecule has 1 aliphatic rings. The Morgan fingerprint density at radius 3 is 3.00 bits per heavy atom. The van der Waals surface area contributed by atoms with Crippen LogP contribution in [0.2, 0.25) is 0 Å². The quantitative estimate of drug-likeness (QED) is 0.377. The van der Waals surface area contributed by atoms with Gasteiger partial charge in [0.05, 0.1) is 18.1 Å². The molecule has 0 fully saturated rings. The molecular formula is C14H20N2O2S. The molecule has 5 heteroatoms. The first-order chi connectivity index (χ1) is 9.20. The Morgan fingerprint density at radius 2 is 2.26 bits per heavy atom. The Hall–Kier alpha value is -1.17. The fourth-order valence-corrected chi connectivity index (χ4v) is 3.05. The van der Waals surface area contributed by atoms with Crippen molar-refractivity contribution in [2.24, 2.45) is 17.7 Å². The van der Waals surface area contributed by atoms with Crippen molar-refractivity contribution in [3.63, 3.8) is 0 Å². The topological polar surface area (TPSA) is 64.3 Å². The van der Waals surface area contributed by atoms with Gasteiger partial charge in [0.2, 0.25) is 0 Å². The number of thiophene rings is 1. The Labute approximate surface area is 117 Å². The Kier molecular flexibility index (Phi) is 5.13. The molecule has 0 saturated heterocycles. The molecule has 1 heterocycles. The maximum atomic E-state index is 11.3. The monoisotopic (exact) mass is 280 g/mol. The summed E-state index contributed by atoms with van der Waals surface area (Å²) in [5.41, 5.74) is 2.13. The van der Waals surface area contributed by atoms with Gasteiger partial charge in [0.1, 0.15) is 0 Å². The summed E-state index contributed by atoms with van der Waals surface area (Å²) in [6, 6.07) is 3.69. The molecular weight excluding hydrogens is 260 g/mol. The first-order valence-corrected chi connectivity index (χ1v) is 7.34. The molecule has 1 aliphatic carbocycles. The number of hydrogen-bond acceptors (Lipinski definition) is 4.